The molecule has 0 bridgehead atoms. The molecule has 1 unspecified atom stereocenters. The predicted molar refractivity (Wildman–Crippen MR) is 117 cm³/mol. The van der Waals surface area contributed by atoms with E-state index in [4.69, 9.17) is 4.74 Å². The fourth-order valence-corrected chi connectivity index (χ4v) is 6.21. The number of ether oxygens (including phenoxy) is 1. The van der Waals surface area contributed by atoms with Gasteiger partial charge in [0, 0.05) is 14.3 Å². The summed E-state index contributed by atoms with van der Waals surface area (Å²) in [4.78, 5) is 2.69. The molecule has 1 atom stereocenters. The van der Waals surface area contributed by atoms with Gasteiger partial charge in [0.1, 0.15) is 5.75 Å². The monoisotopic (exact) mass is 380 g/mol. The molecule has 0 spiro atoms. The topological polar surface area (TPSA) is 9.23 Å². The summed E-state index contributed by atoms with van der Waals surface area (Å²) >= 11 is 0. The van der Waals surface area contributed by atoms with Crippen LogP contribution in [0, 0.1) is 4.51 Å². The molecule has 4 aromatic rings. The van der Waals surface area contributed by atoms with E-state index in [1.807, 2.05) is 0 Å². The molecule has 0 aliphatic carbocycles. The SMILES string of the molecule is COc1ccc(S2=c3ccccc3=C(c3ccccc3)c3ccccc32)cc1. The first-order valence-electron chi connectivity index (χ1n) is 9.36. The van der Waals surface area contributed by atoms with Crippen molar-refractivity contribution < 1.29 is 4.74 Å². The molecule has 0 saturated heterocycles. The largest absolute Gasteiger partial charge is 0.497 e. The normalized spacial score (nSPS) is 14.9. The zero-order valence-electron chi connectivity index (χ0n) is 15.6. The minimum atomic E-state index is -0.139. The molecule has 0 N–H and O–H groups in total. The summed E-state index contributed by atoms with van der Waals surface area (Å²) in [5.74, 6) is 0.891. The van der Waals surface area contributed by atoms with Crippen molar-refractivity contribution in [1.82, 2.24) is 0 Å². The number of benzene rings is 4. The third-order valence-electron chi connectivity index (χ3n) is 5.11. The third kappa shape index (κ3) is 2.78. The molecule has 1 nitrogen and oxygen atoms in total. The fourth-order valence-electron chi connectivity index (χ4n) is 3.85. The second kappa shape index (κ2) is 7.14. The lowest BCUT2D eigenvalue weighted by molar-refractivity contribution is 0.414. The Balaban J connectivity index is 1.93. The quantitative estimate of drug-likeness (QED) is 0.354. The van der Waals surface area contributed by atoms with Crippen molar-refractivity contribution in [3.63, 3.8) is 0 Å². The molecular formula is C26H20OS. The Morgan fingerprint density at radius 3 is 2.11 bits per heavy atom. The summed E-state index contributed by atoms with van der Waals surface area (Å²) < 4.78 is 6.75. The molecule has 0 fully saturated rings. The van der Waals surface area contributed by atoms with E-state index in [9.17, 15) is 0 Å². The van der Waals surface area contributed by atoms with Crippen LogP contribution in [0.3, 0.4) is 0 Å². The van der Waals surface area contributed by atoms with Crippen molar-refractivity contribution in [2.24, 2.45) is 0 Å². The second-order valence-corrected chi connectivity index (χ2v) is 8.68. The van der Waals surface area contributed by atoms with Crippen LogP contribution in [0.25, 0.3) is 5.57 Å². The van der Waals surface area contributed by atoms with Gasteiger partial charge in [-0.05, 0) is 58.3 Å². The lowest BCUT2D eigenvalue weighted by Crippen LogP contribution is -2.14. The van der Waals surface area contributed by atoms with Gasteiger partial charge in [-0.15, -0.1) is 10.5 Å². The second-order valence-electron chi connectivity index (χ2n) is 6.72. The maximum absolute atomic E-state index is 5.37. The van der Waals surface area contributed by atoms with Gasteiger partial charge in [0.15, 0.2) is 0 Å². The Bertz CT molecular complexity index is 1270. The van der Waals surface area contributed by atoms with Crippen LogP contribution in [-0.4, -0.2) is 7.11 Å². The van der Waals surface area contributed by atoms with Crippen LogP contribution in [0.1, 0.15) is 11.1 Å². The maximum Gasteiger partial charge on any atom is 0.118 e. The number of methoxy groups -OCH3 is 1. The molecule has 4 aromatic carbocycles. The van der Waals surface area contributed by atoms with Crippen LogP contribution in [0.2, 0.25) is 0 Å². The summed E-state index contributed by atoms with van der Waals surface area (Å²) in [6.45, 7) is 0. The number of hydrogen-bond acceptors (Lipinski definition) is 1. The Kier molecular flexibility index (Phi) is 4.34. The van der Waals surface area contributed by atoms with Crippen molar-refractivity contribution in [1.29, 1.82) is 0 Å². The van der Waals surface area contributed by atoms with Gasteiger partial charge in [-0.1, -0.05) is 66.7 Å². The Hall–Kier alpha value is -3.10. The van der Waals surface area contributed by atoms with E-state index < -0.39 is 0 Å². The van der Waals surface area contributed by atoms with E-state index >= 15 is 0 Å². The van der Waals surface area contributed by atoms with Crippen molar-refractivity contribution in [3.05, 3.63) is 124 Å². The van der Waals surface area contributed by atoms with Crippen molar-refractivity contribution in [2.75, 3.05) is 7.11 Å². The lowest BCUT2D eigenvalue weighted by atomic mass is 9.95. The standard InChI is InChI=1S/C26H20OS/c1-27-20-15-17-21(18-16-20)28-24-13-7-5-11-22(24)26(19-9-3-2-4-10-19)23-12-6-8-14-25(23)28/h2-18H,1H3. The maximum atomic E-state index is 5.37. The third-order valence-corrected chi connectivity index (χ3v) is 7.45. The number of hydrogen-bond donors (Lipinski definition) is 0. The summed E-state index contributed by atoms with van der Waals surface area (Å²) in [5.41, 5.74) is 3.91. The van der Waals surface area contributed by atoms with Crippen molar-refractivity contribution >= 4 is 16.1 Å². The molecule has 28 heavy (non-hydrogen) atoms. The van der Waals surface area contributed by atoms with Crippen LogP contribution >= 0.6 is 10.5 Å². The average Bonchev–Trinajstić information content (AvgIpc) is 2.78. The van der Waals surface area contributed by atoms with Crippen molar-refractivity contribution in [3.8, 4) is 5.75 Å². The molecule has 0 amide bonds. The molecule has 1 heterocycles. The summed E-state index contributed by atoms with van der Waals surface area (Å²) in [6, 6.07) is 36.9. The molecule has 2 heteroatoms. The number of fused-ring (bicyclic) bond motifs is 2. The van der Waals surface area contributed by atoms with Gasteiger partial charge in [-0.3, -0.25) is 0 Å². The highest BCUT2D eigenvalue weighted by molar-refractivity contribution is 8.09. The minimum absolute atomic E-state index is 0.139. The van der Waals surface area contributed by atoms with Crippen LogP contribution in [0.15, 0.2) is 113 Å². The van der Waals surface area contributed by atoms with Gasteiger partial charge >= 0.3 is 0 Å². The van der Waals surface area contributed by atoms with E-state index in [0.717, 1.165) is 5.75 Å². The molecular weight excluding hydrogens is 360 g/mol. The van der Waals surface area contributed by atoms with Gasteiger partial charge in [0.05, 0.1) is 7.11 Å². The molecule has 0 saturated carbocycles. The Morgan fingerprint density at radius 2 is 1.32 bits per heavy atom. The zero-order chi connectivity index (χ0) is 18.9. The highest BCUT2D eigenvalue weighted by atomic mass is 32.2. The van der Waals surface area contributed by atoms with Crippen LogP contribution in [0.4, 0.5) is 0 Å². The van der Waals surface area contributed by atoms with E-state index in [1.165, 1.54) is 36.2 Å². The van der Waals surface area contributed by atoms with E-state index in [2.05, 4.69) is 103 Å². The Morgan fingerprint density at radius 1 is 0.643 bits per heavy atom. The van der Waals surface area contributed by atoms with Gasteiger partial charge in [-0.2, -0.15) is 0 Å². The van der Waals surface area contributed by atoms with E-state index in [-0.39, 0.29) is 10.5 Å². The minimum Gasteiger partial charge on any atom is -0.497 e. The fraction of sp³-hybridized carbons (Fsp3) is 0.0385. The first kappa shape index (κ1) is 17.0. The molecule has 5 rings (SSSR count). The first-order valence-corrected chi connectivity index (χ1v) is 10.6. The predicted octanol–water partition coefficient (Wildman–Crippen LogP) is 5.89. The van der Waals surface area contributed by atoms with Crippen molar-refractivity contribution in [2.45, 2.75) is 9.79 Å². The van der Waals surface area contributed by atoms with E-state index in [0.29, 0.717) is 0 Å². The van der Waals surface area contributed by atoms with Gasteiger partial charge in [-0.25, -0.2) is 0 Å². The molecule has 0 radical (unpaired) electrons. The van der Waals surface area contributed by atoms with Gasteiger partial charge < -0.3 is 4.74 Å². The zero-order valence-corrected chi connectivity index (χ0v) is 16.4. The summed E-state index contributed by atoms with van der Waals surface area (Å²) in [5, 5.41) is 1.33. The van der Waals surface area contributed by atoms with Crippen LogP contribution in [0.5, 0.6) is 5.75 Å². The molecule has 1 aliphatic rings. The van der Waals surface area contributed by atoms with Crippen LogP contribution in [-0.2, 0) is 0 Å². The summed E-state index contributed by atoms with van der Waals surface area (Å²) in [6.07, 6.45) is 0. The average molecular weight is 381 g/mol. The smallest absolute Gasteiger partial charge is 0.118 e. The molecule has 1 aliphatic heterocycles. The van der Waals surface area contributed by atoms with Crippen LogP contribution < -0.4 is 9.96 Å². The first-order chi connectivity index (χ1) is 13.9. The number of rotatable bonds is 3. The highest BCUT2D eigenvalue weighted by Gasteiger charge is 2.19. The van der Waals surface area contributed by atoms with Gasteiger partial charge in [0.25, 0.3) is 0 Å². The van der Waals surface area contributed by atoms with E-state index in [1.54, 1.807) is 7.11 Å². The lowest BCUT2D eigenvalue weighted by Gasteiger charge is -2.22. The highest BCUT2D eigenvalue weighted by Crippen LogP contribution is 2.45. The molecule has 136 valence electrons. The summed E-state index contributed by atoms with van der Waals surface area (Å²) in [7, 11) is 1.57. The van der Waals surface area contributed by atoms with Gasteiger partial charge in [0.2, 0.25) is 0 Å². The molecule has 0 aromatic heterocycles. The Labute approximate surface area is 167 Å².